The average Bonchev–Trinajstić information content (AvgIpc) is 2.75. The summed E-state index contributed by atoms with van der Waals surface area (Å²) >= 11 is 6.03. The molecular weight excluding hydrogens is 430 g/mol. The molecule has 3 rings (SSSR count). The second kappa shape index (κ2) is 9.36. The lowest BCUT2D eigenvalue weighted by molar-refractivity contribution is 0.0570. The van der Waals surface area contributed by atoms with Crippen molar-refractivity contribution in [2.24, 2.45) is 0 Å². The summed E-state index contributed by atoms with van der Waals surface area (Å²) in [6, 6.07) is 12.3. The van der Waals surface area contributed by atoms with Crippen molar-refractivity contribution in [3.05, 3.63) is 59.1 Å². The van der Waals surface area contributed by atoms with Gasteiger partial charge in [0.15, 0.2) is 0 Å². The van der Waals surface area contributed by atoms with Crippen LogP contribution in [0.15, 0.2) is 53.4 Å². The molecule has 0 atom stereocenters. The summed E-state index contributed by atoms with van der Waals surface area (Å²) < 4.78 is 32.9. The number of ether oxygens (including phenoxy) is 1. The van der Waals surface area contributed by atoms with Crippen LogP contribution in [0.4, 0.5) is 10.5 Å². The Hall–Kier alpha value is -2.78. The van der Waals surface area contributed by atoms with Crippen LogP contribution in [0, 0.1) is 0 Å². The molecule has 0 spiro atoms. The molecule has 2 aromatic rings. The lowest BCUT2D eigenvalue weighted by Crippen LogP contribution is -2.50. The maximum Gasteiger partial charge on any atom is 0.409 e. The Bertz CT molecular complexity index is 1040. The molecule has 30 heavy (non-hydrogen) atoms. The number of benzene rings is 2. The third-order valence-electron chi connectivity index (χ3n) is 4.60. The van der Waals surface area contributed by atoms with Gasteiger partial charge in [-0.15, -0.1) is 0 Å². The predicted molar refractivity (Wildman–Crippen MR) is 113 cm³/mol. The van der Waals surface area contributed by atoms with Crippen molar-refractivity contribution in [2.45, 2.75) is 11.8 Å². The fraction of sp³-hybridized carbons (Fsp3) is 0.300. The van der Waals surface area contributed by atoms with E-state index in [2.05, 4.69) is 4.72 Å². The number of para-hydroxylation sites is 1. The molecule has 10 heteroatoms. The molecule has 0 radical (unpaired) electrons. The van der Waals surface area contributed by atoms with Crippen LogP contribution in [0.3, 0.4) is 0 Å². The Balaban J connectivity index is 1.71. The molecule has 1 aliphatic rings. The van der Waals surface area contributed by atoms with Crippen molar-refractivity contribution in [1.29, 1.82) is 0 Å². The Labute approximate surface area is 180 Å². The van der Waals surface area contributed by atoms with Gasteiger partial charge < -0.3 is 14.5 Å². The quantitative estimate of drug-likeness (QED) is 0.753. The van der Waals surface area contributed by atoms with E-state index >= 15 is 0 Å². The van der Waals surface area contributed by atoms with Crippen LogP contribution < -0.4 is 4.72 Å². The Kier molecular flexibility index (Phi) is 6.84. The standard InChI is InChI=1S/C20H22ClN3O5S/c1-2-29-20(26)24-12-10-23(11-13-24)19(25)15-6-5-7-16(14-15)30(27,28)22-18-9-4-3-8-17(18)21/h3-9,14,22H,2,10-13H2,1H3. The van der Waals surface area contributed by atoms with Crippen LogP contribution in [-0.2, 0) is 14.8 Å². The summed E-state index contributed by atoms with van der Waals surface area (Å²) in [6.07, 6.45) is -0.400. The van der Waals surface area contributed by atoms with E-state index in [-0.39, 0.29) is 27.1 Å². The number of carbonyl (C=O) groups excluding carboxylic acids is 2. The first-order valence-corrected chi connectivity index (χ1v) is 11.3. The molecule has 1 fully saturated rings. The fourth-order valence-corrected chi connectivity index (χ4v) is 4.40. The van der Waals surface area contributed by atoms with E-state index < -0.39 is 16.1 Å². The lowest BCUT2D eigenvalue weighted by atomic mass is 10.2. The van der Waals surface area contributed by atoms with Crippen molar-refractivity contribution in [1.82, 2.24) is 9.80 Å². The van der Waals surface area contributed by atoms with E-state index in [9.17, 15) is 18.0 Å². The van der Waals surface area contributed by atoms with E-state index in [0.717, 1.165) is 0 Å². The average molecular weight is 452 g/mol. The van der Waals surface area contributed by atoms with Gasteiger partial charge in [-0.1, -0.05) is 29.8 Å². The molecule has 0 aliphatic carbocycles. The molecule has 1 heterocycles. The first kappa shape index (κ1) is 21.9. The first-order chi connectivity index (χ1) is 14.3. The number of anilines is 1. The van der Waals surface area contributed by atoms with Gasteiger partial charge in [-0.2, -0.15) is 0 Å². The zero-order valence-electron chi connectivity index (χ0n) is 16.4. The number of hydrogen-bond acceptors (Lipinski definition) is 5. The molecule has 1 N–H and O–H groups in total. The van der Waals surface area contributed by atoms with Gasteiger partial charge in [0.05, 0.1) is 22.2 Å². The highest BCUT2D eigenvalue weighted by Gasteiger charge is 2.26. The fourth-order valence-electron chi connectivity index (χ4n) is 3.03. The van der Waals surface area contributed by atoms with E-state index in [1.54, 1.807) is 47.1 Å². The predicted octanol–water partition coefficient (Wildman–Crippen LogP) is 3.06. The van der Waals surface area contributed by atoms with Gasteiger partial charge in [0.2, 0.25) is 0 Å². The highest BCUT2D eigenvalue weighted by Crippen LogP contribution is 2.24. The lowest BCUT2D eigenvalue weighted by Gasteiger charge is -2.34. The molecular formula is C20H22ClN3O5S. The second-order valence-corrected chi connectivity index (χ2v) is 8.68. The number of hydrogen-bond donors (Lipinski definition) is 1. The smallest absolute Gasteiger partial charge is 0.409 e. The van der Waals surface area contributed by atoms with E-state index in [0.29, 0.717) is 32.8 Å². The molecule has 1 aliphatic heterocycles. The molecule has 0 bridgehead atoms. The molecule has 0 aromatic heterocycles. The van der Waals surface area contributed by atoms with E-state index in [1.807, 2.05) is 0 Å². The van der Waals surface area contributed by atoms with Gasteiger partial charge in [-0.05, 0) is 37.3 Å². The van der Waals surface area contributed by atoms with Gasteiger partial charge in [0, 0.05) is 31.7 Å². The van der Waals surface area contributed by atoms with Crippen molar-refractivity contribution < 1.29 is 22.7 Å². The molecule has 0 saturated carbocycles. The van der Waals surface area contributed by atoms with Crippen LogP contribution in [0.25, 0.3) is 0 Å². The zero-order chi connectivity index (χ0) is 21.7. The molecule has 0 unspecified atom stereocenters. The molecule has 160 valence electrons. The van der Waals surface area contributed by atoms with Crippen molar-refractivity contribution in [3.8, 4) is 0 Å². The third-order valence-corrected chi connectivity index (χ3v) is 6.30. The maximum absolute atomic E-state index is 12.8. The van der Waals surface area contributed by atoms with E-state index in [4.69, 9.17) is 16.3 Å². The Morgan fingerprint density at radius 2 is 1.70 bits per heavy atom. The van der Waals surface area contributed by atoms with Crippen molar-refractivity contribution in [3.63, 3.8) is 0 Å². The molecule has 2 amide bonds. The monoisotopic (exact) mass is 451 g/mol. The summed E-state index contributed by atoms with van der Waals surface area (Å²) in [5, 5.41) is 0.271. The number of piperazine rings is 1. The number of sulfonamides is 1. The number of halogens is 1. The van der Waals surface area contributed by atoms with Crippen LogP contribution in [-0.4, -0.2) is 63.0 Å². The third kappa shape index (κ3) is 5.03. The number of rotatable bonds is 5. The van der Waals surface area contributed by atoms with E-state index in [1.165, 1.54) is 18.2 Å². The highest BCUT2D eigenvalue weighted by atomic mass is 35.5. The minimum absolute atomic E-state index is 0.0431. The zero-order valence-corrected chi connectivity index (χ0v) is 17.9. The minimum atomic E-state index is -3.92. The van der Waals surface area contributed by atoms with Crippen molar-refractivity contribution in [2.75, 3.05) is 37.5 Å². The summed E-state index contributed by atoms with van der Waals surface area (Å²) in [5.74, 6) is -0.298. The molecule has 1 saturated heterocycles. The topological polar surface area (TPSA) is 96.0 Å². The summed E-state index contributed by atoms with van der Waals surface area (Å²) in [6.45, 7) is 3.42. The Morgan fingerprint density at radius 3 is 2.37 bits per heavy atom. The van der Waals surface area contributed by atoms with Gasteiger partial charge in [-0.3, -0.25) is 9.52 Å². The van der Waals surface area contributed by atoms with Gasteiger partial charge in [-0.25, -0.2) is 13.2 Å². The van der Waals surface area contributed by atoms with Gasteiger partial charge >= 0.3 is 6.09 Å². The number of nitrogens with zero attached hydrogens (tertiary/aromatic N) is 2. The summed E-state index contributed by atoms with van der Waals surface area (Å²) in [5.41, 5.74) is 0.507. The number of nitrogens with one attached hydrogen (secondary N) is 1. The number of carbonyl (C=O) groups is 2. The first-order valence-electron chi connectivity index (χ1n) is 9.40. The van der Waals surface area contributed by atoms with Crippen LogP contribution in [0.2, 0.25) is 5.02 Å². The van der Waals surface area contributed by atoms with Gasteiger partial charge in [0.1, 0.15) is 0 Å². The molecule has 8 nitrogen and oxygen atoms in total. The summed E-state index contributed by atoms with van der Waals surface area (Å²) in [7, 11) is -3.92. The highest BCUT2D eigenvalue weighted by molar-refractivity contribution is 7.92. The van der Waals surface area contributed by atoms with Gasteiger partial charge in [0.25, 0.3) is 15.9 Å². The number of amides is 2. The Morgan fingerprint density at radius 1 is 1.03 bits per heavy atom. The van der Waals surface area contributed by atoms with Crippen molar-refractivity contribution >= 4 is 39.3 Å². The summed E-state index contributed by atoms with van der Waals surface area (Å²) in [4.78, 5) is 27.7. The second-order valence-electron chi connectivity index (χ2n) is 6.59. The van der Waals surface area contributed by atoms with Crippen LogP contribution in [0.1, 0.15) is 17.3 Å². The normalized spacial score (nSPS) is 14.3. The largest absolute Gasteiger partial charge is 0.450 e. The minimum Gasteiger partial charge on any atom is -0.450 e. The van der Waals surface area contributed by atoms with Crippen LogP contribution >= 0.6 is 11.6 Å². The molecule has 2 aromatic carbocycles. The maximum atomic E-state index is 12.8. The van der Waals surface area contributed by atoms with Crippen LogP contribution in [0.5, 0.6) is 0 Å². The SMILES string of the molecule is CCOC(=O)N1CCN(C(=O)c2cccc(S(=O)(=O)Nc3ccccc3Cl)c2)CC1.